The number of piperidine rings is 1. The number of aromatic nitrogens is 1. The van der Waals surface area contributed by atoms with Gasteiger partial charge in [-0.05, 0) is 68.7 Å². The molecule has 1 fully saturated rings. The van der Waals surface area contributed by atoms with Crippen LogP contribution in [0, 0.1) is 5.92 Å². The van der Waals surface area contributed by atoms with Gasteiger partial charge >= 0.3 is 0 Å². The average Bonchev–Trinajstić information content (AvgIpc) is 2.91. The van der Waals surface area contributed by atoms with Crippen molar-refractivity contribution in [3.63, 3.8) is 0 Å². The summed E-state index contributed by atoms with van der Waals surface area (Å²) in [5.74, 6) is 0.879. The summed E-state index contributed by atoms with van der Waals surface area (Å²) in [6.45, 7) is 8.67. The van der Waals surface area contributed by atoms with Crippen LogP contribution in [0.2, 0.25) is 0 Å². The predicted molar refractivity (Wildman–Crippen MR) is 103 cm³/mol. The average molecular weight is 349 g/mol. The molecule has 2 aromatic rings. The minimum Gasteiger partial charge on any atom is -0.363 e. The quantitative estimate of drug-likeness (QED) is 0.822. The molecule has 0 atom stereocenters. The van der Waals surface area contributed by atoms with Crippen LogP contribution in [0.4, 0.5) is 5.13 Å². The van der Waals surface area contributed by atoms with Crippen molar-refractivity contribution in [3.8, 4) is 0 Å². The van der Waals surface area contributed by atoms with E-state index in [0.717, 1.165) is 29.7 Å². The van der Waals surface area contributed by atoms with Crippen molar-refractivity contribution in [1.82, 2.24) is 15.2 Å². The number of anilines is 1. The number of fused-ring (bicyclic) bond motifs is 1. The molecule has 2 heterocycles. The molecule has 0 aliphatic carbocycles. The molecule has 0 unspecified atom stereocenters. The Balaban J connectivity index is 1.68. The Bertz CT molecular complexity index is 674. The maximum Gasteiger partial charge on any atom is 0.190 e. The first-order valence-electron chi connectivity index (χ1n) is 8.30. The normalized spacial score (nSPS) is 16.6. The van der Waals surface area contributed by atoms with Crippen LogP contribution in [0.15, 0.2) is 18.2 Å². The lowest BCUT2D eigenvalue weighted by Gasteiger charge is -2.30. The molecular formula is C17H24N4S2. The monoisotopic (exact) mass is 348 g/mol. The number of nitrogens with one attached hydrogen (secondary N) is 2. The molecule has 0 radical (unpaired) electrons. The molecular weight excluding hydrogens is 324 g/mol. The first-order chi connectivity index (χ1) is 11.1. The fourth-order valence-corrected chi connectivity index (χ4v) is 4.14. The Morgan fingerprint density at radius 3 is 2.91 bits per heavy atom. The third-order valence-electron chi connectivity index (χ3n) is 4.29. The first kappa shape index (κ1) is 16.6. The highest BCUT2D eigenvalue weighted by molar-refractivity contribution is 7.80. The second-order valence-electron chi connectivity index (χ2n) is 6.26. The third kappa shape index (κ3) is 4.40. The van der Waals surface area contributed by atoms with E-state index in [2.05, 4.69) is 45.6 Å². The molecule has 0 saturated carbocycles. The Labute approximate surface area is 147 Å². The largest absolute Gasteiger partial charge is 0.363 e. The van der Waals surface area contributed by atoms with Crippen molar-refractivity contribution in [3.05, 3.63) is 23.8 Å². The van der Waals surface area contributed by atoms with Gasteiger partial charge in [0.05, 0.1) is 10.2 Å². The van der Waals surface area contributed by atoms with Crippen LogP contribution < -0.4 is 10.6 Å². The molecule has 124 valence electrons. The van der Waals surface area contributed by atoms with E-state index < -0.39 is 0 Å². The minimum absolute atomic E-state index is 0.634. The van der Waals surface area contributed by atoms with E-state index in [4.69, 9.17) is 12.2 Å². The van der Waals surface area contributed by atoms with Crippen LogP contribution >= 0.6 is 23.6 Å². The number of thiazole rings is 1. The van der Waals surface area contributed by atoms with Crippen LogP contribution in [0.1, 0.15) is 32.3 Å². The zero-order valence-electron chi connectivity index (χ0n) is 13.8. The van der Waals surface area contributed by atoms with Gasteiger partial charge in [0.15, 0.2) is 10.2 Å². The van der Waals surface area contributed by atoms with E-state index in [1.165, 1.54) is 36.2 Å². The Hall–Kier alpha value is -1.24. The van der Waals surface area contributed by atoms with Gasteiger partial charge < -0.3 is 10.6 Å². The lowest BCUT2D eigenvalue weighted by atomic mass is 9.99. The van der Waals surface area contributed by atoms with Crippen molar-refractivity contribution in [2.75, 3.05) is 25.0 Å². The number of benzene rings is 1. The Morgan fingerprint density at radius 2 is 2.17 bits per heavy atom. The molecule has 0 amide bonds. The smallest absolute Gasteiger partial charge is 0.190 e. The summed E-state index contributed by atoms with van der Waals surface area (Å²) >= 11 is 6.88. The van der Waals surface area contributed by atoms with Crippen molar-refractivity contribution >= 4 is 44.0 Å². The van der Waals surface area contributed by atoms with Crippen LogP contribution in [0.25, 0.3) is 10.2 Å². The van der Waals surface area contributed by atoms with E-state index in [1.54, 1.807) is 11.3 Å². The SMILES string of the molecule is CCNC(=S)Nc1nc2ccc(CN3CCC(C)CC3)cc2s1. The van der Waals surface area contributed by atoms with Gasteiger partial charge in [-0.1, -0.05) is 24.3 Å². The van der Waals surface area contributed by atoms with Crippen molar-refractivity contribution in [1.29, 1.82) is 0 Å². The summed E-state index contributed by atoms with van der Waals surface area (Å²) < 4.78 is 1.22. The third-order valence-corrected chi connectivity index (χ3v) is 5.47. The van der Waals surface area contributed by atoms with Crippen molar-refractivity contribution < 1.29 is 0 Å². The molecule has 1 aliphatic rings. The number of thiocarbonyl (C=S) groups is 1. The highest BCUT2D eigenvalue weighted by Gasteiger charge is 2.16. The number of nitrogens with zero attached hydrogens (tertiary/aromatic N) is 2. The van der Waals surface area contributed by atoms with Crippen LogP contribution in [-0.2, 0) is 6.54 Å². The Kier molecular flexibility index (Phi) is 5.46. The van der Waals surface area contributed by atoms with Gasteiger partial charge in [0.25, 0.3) is 0 Å². The van der Waals surface area contributed by atoms with E-state index in [1.807, 2.05) is 6.92 Å². The van der Waals surface area contributed by atoms with Gasteiger partial charge in [-0.2, -0.15) is 0 Å². The lowest BCUT2D eigenvalue weighted by molar-refractivity contribution is 0.185. The molecule has 0 bridgehead atoms. The van der Waals surface area contributed by atoms with E-state index in [-0.39, 0.29) is 0 Å². The van der Waals surface area contributed by atoms with Gasteiger partial charge in [0.1, 0.15) is 0 Å². The summed E-state index contributed by atoms with van der Waals surface area (Å²) in [6, 6.07) is 6.59. The molecule has 6 heteroatoms. The summed E-state index contributed by atoms with van der Waals surface area (Å²) in [7, 11) is 0. The molecule has 1 aromatic carbocycles. The number of hydrogen-bond donors (Lipinski definition) is 2. The van der Waals surface area contributed by atoms with Gasteiger partial charge in [0, 0.05) is 13.1 Å². The summed E-state index contributed by atoms with van der Waals surface area (Å²) in [6.07, 6.45) is 2.64. The van der Waals surface area contributed by atoms with E-state index in [0.29, 0.717) is 5.11 Å². The van der Waals surface area contributed by atoms with Gasteiger partial charge in [-0.15, -0.1) is 0 Å². The molecule has 0 spiro atoms. The number of likely N-dealkylation sites (tertiary alicyclic amines) is 1. The van der Waals surface area contributed by atoms with E-state index in [9.17, 15) is 0 Å². The second-order valence-corrected chi connectivity index (χ2v) is 7.70. The standard InChI is InChI=1S/C17H24N4S2/c1-3-18-16(22)20-17-19-14-5-4-13(10-15(14)23-17)11-21-8-6-12(2)7-9-21/h4-5,10,12H,3,6-9,11H2,1-2H3,(H2,18,19,20,22). The predicted octanol–water partition coefficient (Wildman–Crippen LogP) is 3.83. The minimum atomic E-state index is 0.634. The fourth-order valence-electron chi connectivity index (χ4n) is 2.90. The second kappa shape index (κ2) is 7.55. The van der Waals surface area contributed by atoms with Gasteiger partial charge in [0.2, 0.25) is 0 Å². The molecule has 2 N–H and O–H groups in total. The summed E-state index contributed by atoms with van der Waals surface area (Å²) in [5, 5.41) is 7.73. The highest BCUT2D eigenvalue weighted by Crippen LogP contribution is 2.27. The molecule has 4 nitrogen and oxygen atoms in total. The maximum atomic E-state index is 5.22. The van der Waals surface area contributed by atoms with E-state index >= 15 is 0 Å². The summed E-state index contributed by atoms with van der Waals surface area (Å²) in [5.41, 5.74) is 2.41. The van der Waals surface area contributed by atoms with Crippen molar-refractivity contribution in [2.24, 2.45) is 5.92 Å². The molecule has 1 aromatic heterocycles. The fraction of sp³-hybridized carbons (Fsp3) is 0.529. The number of rotatable bonds is 4. The number of hydrogen-bond acceptors (Lipinski definition) is 4. The van der Waals surface area contributed by atoms with Crippen molar-refractivity contribution in [2.45, 2.75) is 33.2 Å². The highest BCUT2D eigenvalue weighted by atomic mass is 32.1. The summed E-state index contributed by atoms with van der Waals surface area (Å²) in [4.78, 5) is 7.16. The van der Waals surface area contributed by atoms with Crippen LogP contribution in [-0.4, -0.2) is 34.6 Å². The molecule has 3 rings (SSSR count). The molecule has 1 saturated heterocycles. The zero-order valence-corrected chi connectivity index (χ0v) is 15.4. The van der Waals surface area contributed by atoms with Crippen LogP contribution in [0.5, 0.6) is 0 Å². The van der Waals surface area contributed by atoms with Gasteiger partial charge in [-0.25, -0.2) is 4.98 Å². The molecule has 1 aliphatic heterocycles. The maximum absolute atomic E-state index is 5.22. The first-order valence-corrected chi connectivity index (χ1v) is 9.53. The molecule has 23 heavy (non-hydrogen) atoms. The lowest BCUT2D eigenvalue weighted by Crippen LogP contribution is -2.32. The topological polar surface area (TPSA) is 40.2 Å². The van der Waals surface area contributed by atoms with Crippen LogP contribution in [0.3, 0.4) is 0 Å². The zero-order chi connectivity index (χ0) is 16.2. The van der Waals surface area contributed by atoms with Gasteiger partial charge in [-0.3, -0.25) is 4.90 Å². The Morgan fingerprint density at radius 1 is 1.39 bits per heavy atom.